The van der Waals surface area contributed by atoms with Crippen molar-refractivity contribution in [3.8, 4) is 5.75 Å². The van der Waals surface area contributed by atoms with Crippen molar-refractivity contribution in [1.82, 2.24) is 20.0 Å². The summed E-state index contributed by atoms with van der Waals surface area (Å²) >= 11 is 0. The van der Waals surface area contributed by atoms with Gasteiger partial charge in [0, 0.05) is 37.4 Å². The summed E-state index contributed by atoms with van der Waals surface area (Å²) in [7, 11) is 1.53. The third-order valence-electron chi connectivity index (χ3n) is 6.00. The Labute approximate surface area is 168 Å². The Hall–Kier alpha value is -2.90. The molecular weight excluding hydrogens is 375 g/mol. The number of aromatic amines is 1. The van der Waals surface area contributed by atoms with Crippen LogP contribution in [0.25, 0.3) is 0 Å². The van der Waals surface area contributed by atoms with Crippen molar-refractivity contribution in [2.24, 2.45) is 5.41 Å². The molecule has 2 amide bonds. The molecule has 0 radical (unpaired) electrons. The van der Waals surface area contributed by atoms with Gasteiger partial charge in [0.2, 0.25) is 5.91 Å². The lowest BCUT2D eigenvalue weighted by Gasteiger charge is -2.39. The maximum Gasteiger partial charge on any atom is 0.274 e. The molecule has 7 nitrogen and oxygen atoms in total. The summed E-state index contributed by atoms with van der Waals surface area (Å²) in [5.41, 5.74) is 1.04. The number of methoxy groups -OCH3 is 1. The van der Waals surface area contributed by atoms with Crippen molar-refractivity contribution >= 4 is 11.8 Å². The van der Waals surface area contributed by atoms with Gasteiger partial charge < -0.3 is 14.5 Å². The van der Waals surface area contributed by atoms with Crippen molar-refractivity contribution < 1.29 is 18.7 Å². The van der Waals surface area contributed by atoms with Crippen LogP contribution in [0.15, 0.2) is 24.3 Å². The van der Waals surface area contributed by atoms with Gasteiger partial charge in [0.25, 0.3) is 5.91 Å². The molecule has 1 N–H and O–H groups in total. The average molecular weight is 400 g/mol. The molecule has 3 heterocycles. The van der Waals surface area contributed by atoms with Gasteiger partial charge in [0.1, 0.15) is 17.3 Å². The number of ether oxygens (including phenoxy) is 1. The number of hydrogen-bond donors (Lipinski definition) is 1. The molecule has 0 bridgehead atoms. The third kappa shape index (κ3) is 3.59. The Kier molecular flexibility index (Phi) is 5.02. The summed E-state index contributed by atoms with van der Waals surface area (Å²) in [4.78, 5) is 29.5. The number of aryl methyl sites for hydroxylation is 1. The molecule has 2 aliphatic heterocycles. The van der Waals surface area contributed by atoms with Crippen LogP contribution in [0.2, 0.25) is 0 Å². The first kappa shape index (κ1) is 19.4. The second-order valence-electron chi connectivity index (χ2n) is 7.98. The highest BCUT2D eigenvalue weighted by atomic mass is 19.1. The van der Waals surface area contributed by atoms with Crippen LogP contribution in [0, 0.1) is 18.2 Å². The molecule has 0 saturated carbocycles. The van der Waals surface area contributed by atoms with Crippen molar-refractivity contribution in [3.05, 3.63) is 47.0 Å². The molecule has 2 aromatic rings. The number of amides is 2. The first-order chi connectivity index (χ1) is 13.9. The van der Waals surface area contributed by atoms with E-state index in [2.05, 4.69) is 10.2 Å². The number of benzene rings is 1. The van der Waals surface area contributed by atoms with E-state index < -0.39 is 5.41 Å². The highest BCUT2D eigenvalue weighted by Gasteiger charge is 2.49. The van der Waals surface area contributed by atoms with E-state index >= 15 is 0 Å². The van der Waals surface area contributed by atoms with Gasteiger partial charge in [-0.25, -0.2) is 4.39 Å². The van der Waals surface area contributed by atoms with Crippen molar-refractivity contribution in [2.75, 3.05) is 26.7 Å². The first-order valence-electron chi connectivity index (χ1n) is 9.85. The minimum absolute atomic E-state index is 0.000483. The molecule has 1 aromatic carbocycles. The monoisotopic (exact) mass is 400 g/mol. The number of likely N-dealkylation sites (tertiary alicyclic amines) is 2. The Morgan fingerprint density at radius 2 is 2.14 bits per heavy atom. The molecular formula is C21H25FN4O3. The normalized spacial score (nSPS) is 21.8. The number of halogens is 1. The predicted octanol–water partition coefficient (Wildman–Crippen LogP) is 2.52. The number of hydrogen-bond acceptors (Lipinski definition) is 4. The lowest BCUT2D eigenvalue weighted by Crippen LogP contribution is -2.50. The molecule has 8 heteroatoms. The lowest BCUT2D eigenvalue weighted by molar-refractivity contribution is -0.146. The third-order valence-corrected chi connectivity index (χ3v) is 6.00. The number of nitrogens with one attached hydrogen (secondary N) is 1. The standard InChI is InChI=1S/C21H25FN4O3/c1-14-10-18(24-23-14)19(27)26-9-7-21(13-26)6-3-8-25(20(21)28)12-15-11-16(29-2)4-5-17(15)22/h4-5,10-11H,3,6-9,12-13H2,1-2H3,(H,23,24)/t21-/m0/s1. The van der Waals surface area contributed by atoms with Crippen LogP contribution in [0.3, 0.4) is 0 Å². The Bertz CT molecular complexity index is 944. The second-order valence-corrected chi connectivity index (χ2v) is 7.98. The zero-order valence-corrected chi connectivity index (χ0v) is 16.7. The minimum Gasteiger partial charge on any atom is -0.497 e. The Balaban J connectivity index is 1.49. The fraction of sp³-hybridized carbons (Fsp3) is 0.476. The van der Waals surface area contributed by atoms with Gasteiger partial charge in [0.05, 0.1) is 12.5 Å². The highest BCUT2D eigenvalue weighted by Crippen LogP contribution is 2.41. The molecule has 0 aliphatic carbocycles. The Morgan fingerprint density at radius 3 is 2.86 bits per heavy atom. The maximum absolute atomic E-state index is 14.3. The number of nitrogens with zero attached hydrogens (tertiary/aromatic N) is 3. The minimum atomic E-state index is -0.589. The zero-order valence-electron chi connectivity index (χ0n) is 16.7. The lowest BCUT2D eigenvalue weighted by atomic mass is 9.78. The topological polar surface area (TPSA) is 78.5 Å². The number of piperidine rings is 1. The Morgan fingerprint density at radius 1 is 1.31 bits per heavy atom. The molecule has 1 atom stereocenters. The van der Waals surface area contributed by atoms with Crippen molar-refractivity contribution in [3.63, 3.8) is 0 Å². The number of carbonyl (C=O) groups excluding carboxylic acids is 2. The van der Waals surface area contributed by atoms with Crippen LogP contribution in [0.5, 0.6) is 5.75 Å². The van der Waals surface area contributed by atoms with E-state index in [0.717, 1.165) is 18.5 Å². The van der Waals surface area contributed by atoms with Crippen LogP contribution < -0.4 is 4.74 Å². The molecule has 154 valence electrons. The number of rotatable bonds is 4. The number of carbonyl (C=O) groups is 2. The zero-order chi connectivity index (χ0) is 20.6. The van der Waals surface area contributed by atoms with Crippen LogP contribution in [0.4, 0.5) is 4.39 Å². The van der Waals surface area contributed by atoms with Crippen LogP contribution in [0.1, 0.15) is 41.0 Å². The molecule has 1 spiro atoms. The van der Waals surface area contributed by atoms with E-state index in [4.69, 9.17) is 4.74 Å². The maximum atomic E-state index is 14.3. The smallest absolute Gasteiger partial charge is 0.274 e. The second kappa shape index (κ2) is 7.50. The average Bonchev–Trinajstić information content (AvgIpc) is 3.34. The quantitative estimate of drug-likeness (QED) is 0.856. The molecule has 29 heavy (non-hydrogen) atoms. The predicted molar refractivity (Wildman–Crippen MR) is 104 cm³/mol. The summed E-state index contributed by atoms with van der Waals surface area (Å²) in [5, 5.41) is 6.83. The molecule has 2 aliphatic rings. The molecule has 0 unspecified atom stereocenters. The van der Waals surface area contributed by atoms with Gasteiger partial charge in [-0.3, -0.25) is 14.7 Å². The fourth-order valence-electron chi connectivity index (χ4n) is 4.42. The summed E-state index contributed by atoms with van der Waals surface area (Å²) in [6.45, 7) is 3.54. The van der Waals surface area contributed by atoms with E-state index in [1.807, 2.05) is 6.92 Å². The molecule has 2 fully saturated rings. The molecule has 2 saturated heterocycles. The summed E-state index contributed by atoms with van der Waals surface area (Å²) in [5.74, 6) is 0.0531. The number of aromatic nitrogens is 2. The SMILES string of the molecule is COc1ccc(F)c(CN2CCC[C@@]3(CCN(C(=O)c4cc(C)[nH]n4)C3)C2=O)c1. The highest BCUT2D eigenvalue weighted by molar-refractivity contribution is 5.94. The first-order valence-corrected chi connectivity index (χ1v) is 9.85. The largest absolute Gasteiger partial charge is 0.497 e. The molecule has 4 rings (SSSR count). The van der Waals surface area contributed by atoms with Crippen LogP contribution in [-0.2, 0) is 11.3 Å². The van der Waals surface area contributed by atoms with Crippen molar-refractivity contribution in [2.45, 2.75) is 32.7 Å². The van der Waals surface area contributed by atoms with Gasteiger partial charge in [-0.15, -0.1) is 0 Å². The van der Waals surface area contributed by atoms with Crippen LogP contribution >= 0.6 is 0 Å². The van der Waals surface area contributed by atoms with Gasteiger partial charge in [-0.1, -0.05) is 0 Å². The number of H-pyrrole nitrogens is 1. The van der Waals surface area contributed by atoms with E-state index in [9.17, 15) is 14.0 Å². The van der Waals surface area contributed by atoms with Gasteiger partial charge >= 0.3 is 0 Å². The van der Waals surface area contributed by atoms with Gasteiger partial charge in [-0.05, 0) is 50.5 Å². The summed E-state index contributed by atoms with van der Waals surface area (Å²) in [6, 6.07) is 6.28. The van der Waals surface area contributed by atoms with E-state index in [0.29, 0.717) is 43.1 Å². The van der Waals surface area contributed by atoms with Crippen LogP contribution in [-0.4, -0.2) is 58.6 Å². The fourth-order valence-corrected chi connectivity index (χ4v) is 4.42. The summed E-state index contributed by atoms with van der Waals surface area (Å²) < 4.78 is 19.4. The van der Waals surface area contributed by atoms with Crippen molar-refractivity contribution in [1.29, 1.82) is 0 Å². The summed E-state index contributed by atoms with van der Waals surface area (Å²) in [6.07, 6.45) is 2.20. The van der Waals surface area contributed by atoms with Gasteiger partial charge in [0.15, 0.2) is 0 Å². The van der Waals surface area contributed by atoms with E-state index in [1.54, 1.807) is 28.0 Å². The molecule has 1 aromatic heterocycles. The van der Waals surface area contributed by atoms with E-state index in [-0.39, 0.29) is 24.2 Å². The van der Waals surface area contributed by atoms with Gasteiger partial charge in [-0.2, -0.15) is 5.10 Å². The van der Waals surface area contributed by atoms with E-state index in [1.165, 1.54) is 13.2 Å².